The molecule has 2 N–H and O–H groups in total. The number of rotatable bonds is 4. The van der Waals surface area contributed by atoms with Crippen LogP contribution in [0.3, 0.4) is 0 Å². The van der Waals surface area contributed by atoms with E-state index in [0.717, 1.165) is 34.7 Å². The predicted molar refractivity (Wildman–Crippen MR) is 112 cm³/mol. The van der Waals surface area contributed by atoms with Crippen LogP contribution in [-0.4, -0.2) is 39.9 Å². The van der Waals surface area contributed by atoms with E-state index in [9.17, 15) is 4.79 Å². The number of hydrogen-bond acceptors (Lipinski definition) is 3. The molecule has 1 aliphatic rings. The van der Waals surface area contributed by atoms with Crippen molar-refractivity contribution in [2.24, 2.45) is 0 Å². The summed E-state index contributed by atoms with van der Waals surface area (Å²) in [6.45, 7) is 3.64. The van der Waals surface area contributed by atoms with Crippen LogP contribution in [0.5, 0.6) is 0 Å². The van der Waals surface area contributed by atoms with Gasteiger partial charge in [-0.15, -0.1) is 12.4 Å². The number of nitrogens with zero attached hydrogens (tertiary/aromatic N) is 2. The minimum Gasteiger partial charge on any atom is -0.338 e. The smallest absolute Gasteiger partial charge is 0.238 e. The van der Waals surface area contributed by atoms with Gasteiger partial charge < -0.3 is 10.3 Å². The molecule has 0 saturated carbocycles. The van der Waals surface area contributed by atoms with E-state index in [1.807, 2.05) is 48.5 Å². The van der Waals surface area contributed by atoms with E-state index in [-0.39, 0.29) is 18.3 Å². The topological polar surface area (TPSA) is 61.0 Å². The van der Waals surface area contributed by atoms with E-state index >= 15 is 0 Å². The number of imidazole rings is 1. The Hall–Kier alpha value is -2.37. The van der Waals surface area contributed by atoms with Crippen molar-refractivity contribution in [3.63, 3.8) is 0 Å². The van der Waals surface area contributed by atoms with Gasteiger partial charge in [-0.3, -0.25) is 9.69 Å². The van der Waals surface area contributed by atoms with Gasteiger partial charge in [0.05, 0.1) is 23.3 Å². The highest BCUT2D eigenvalue weighted by Crippen LogP contribution is 2.27. The highest BCUT2D eigenvalue weighted by molar-refractivity contribution is 5.96. The van der Waals surface area contributed by atoms with Crippen molar-refractivity contribution in [2.75, 3.05) is 18.4 Å². The zero-order valence-electron chi connectivity index (χ0n) is 15.4. The van der Waals surface area contributed by atoms with Crippen LogP contribution < -0.4 is 5.32 Å². The molecular weight excluding hydrogens is 360 g/mol. The van der Waals surface area contributed by atoms with E-state index < -0.39 is 0 Å². The lowest BCUT2D eigenvalue weighted by atomic mass is 10.0. The first kappa shape index (κ1) is 19.4. The highest BCUT2D eigenvalue weighted by atomic mass is 35.5. The lowest BCUT2D eigenvalue weighted by molar-refractivity contribution is -0.118. The summed E-state index contributed by atoms with van der Waals surface area (Å²) < 4.78 is 0. The molecule has 0 bridgehead atoms. The minimum atomic E-state index is 0. The predicted octanol–water partition coefficient (Wildman–Crippen LogP) is 4.46. The Balaban J connectivity index is 0.00000210. The molecule has 142 valence electrons. The fraction of sp³-hybridized carbons (Fsp3) is 0.333. The van der Waals surface area contributed by atoms with Gasteiger partial charge in [0.25, 0.3) is 0 Å². The first-order valence-electron chi connectivity index (χ1n) is 9.29. The fourth-order valence-electron chi connectivity index (χ4n) is 3.65. The zero-order valence-corrected chi connectivity index (χ0v) is 16.3. The van der Waals surface area contributed by atoms with Crippen molar-refractivity contribution in [1.29, 1.82) is 0 Å². The lowest BCUT2D eigenvalue weighted by Gasteiger charge is -2.32. The first-order valence-corrected chi connectivity index (χ1v) is 9.29. The molecule has 5 nitrogen and oxygen atoms in total. The monoisotopic (exact) mass is 384 g/mol. The van der Waals surface area contributed by atoms with E-state index in [0.29, 0.717) is 12.6 Å². The number of fused-ring (bicyclic) bond motifs is 1. The molecule has 6 heteroatoms. The summed E-state index contributed by atoms with van der Waals surface area (Å²) in [6.07, 6.45) is 3.60. The Kier molecular flexibility index (Phi) is 6.14. The molecule has 0 spiro atoms. The second-order valence-electron chi connectivity index (χ2n) is 7.01. The normalized spacial score (nSPS) is 17.4. The number of hydrogen-bond donors (Lipinski definition) is 2. The minimum absolute atomic E-state index is 0. The molecule has 1 unspecified atom stereocenters. The number of aromatic nitrogens is 2. The van der Waals surface area contributed by atoms with Gasteiger partial charge in [-0.05, 0) is 50.6 Å². The van der Waals surface area contributed by atoms with Gasteiger partial charge in [-0.25, -0.2) is 4.98 Å². The third-order valence-corrected chi connectivity index (χ3v) is 5.13. The maximum absolute atomic E-state index is 12.6. The third-order valence-electron chi connectivity index (χ3n) is 5.13. The van der Waals surface area contributed by atoms with Crippen molar-refractivity contribution in [1.82, 2.24) is 14.9 Å². The van der Waals surface area contributed by atoms with Crippen LogP contribution in [0.1, 0.15) is 26.2 Å². The van der Waals surface area contributed by atoms with Gasteiger partial charge in [0.15, 0.2) is 0 Å². The molecule has 27 heavy (non-hydrogen) atoms. The third kappa shape index (κ3) is 4.31. The maximum atomic E-state index is 12.6. The molecule has 1 aliphatic heterocycles. The molecule has 2 aromatic carbocycles. The Morgan fingerprint density at radius 1 is 1.19 bits per heavy atom. The number of carbonyl (C=O) groups is 1. The van der Waals surface area contributed by atoms with Crippen molar-refractivity contribution >= 4 is 35.0 Å². The van der Waals surface area contributed by atoms with Gasteiger partial charge >= 0.3 is 0 Å². The number of anilines is 1. The standard InChI is InChI=1S/C21H24N4O.ClH/c1-15-8-6-7-13-25(15)14-20(26)22-17-10-3-2-9-16(17)21-23-18-11-4-5-12-19(18)24-21;/h2-5,9-12,15H,6-8,13-14H2,1H3,(H,22,26)(H,23,24);1H. The number of aromatic amines is 1. The summed E-state index contributed by atoms with van der Waals surface area (Å²) in [5.74, 6) is 0.802. The summed E-state index contributed by atoms with van der Waals surface area (Å²) in [6, 6.07) is 16.2. The van der Waals surface area contributed by atoms with Gasteiger partial charge in [-0.1, -0.05) is 30.7 Å². The summed E-state index contributed by atoms with van der Waals surface area (Å²) in [4.78, 5) is 22.9. The quantitative estimate of drug-likeness (QED) is 0.697. The number of amides is 1. The van der Waals surface area contributed by atoms with E-state index in [2.05, 4.69) is 27.1 Å². The molecule has 4 rings (SSSR count). The first-order chi connectivity index (χ1) is 12.7. The second-order valence-corrected chi connectivity index (χ2v) is 7.01. The molecule has 0 aliphatic carbocycles. The van der Waals surface area contributed by atoms with Crippen LogP contribution in [0.2, 0.25) is 0 Å². The average Bonchev–Trinajstić information content (AvgIpc) is 3.08. The van der Waals surface area contributed by atoms with Gasteiger partial charge in [0.1, 0.15) is 5.82 Å². The molecule has 1 amide bonds. The van der Waals surface area contributed by atoms with E-state index in [4.69, 9.17) is 0 Å². The Morgan fingerprint density at radius 3 is 2.78 bits per heavy atom. The number of nitrogens with one attached hydrogen (secondary N) is 2. The van der Waals surface area contributed by atoms with Crippen LogP contribution in [0.25, 0.3) is 22.4 Å². The lowest BCUT2D eigenvalue weighted by Crippen LogP contribution is -2.42. The van der Waals surface area contributed by atoms with Crippen LogP contribution >= 0.6 is 12.4 Å². The molecular formula is C21H25ClN4O. The summed E-state index contributed by atoms with van der Waals surface area (Å²) in [5, 5.41) is 3.08. The maximum Gasteiger partial charge on any atom is 0.238 e. The van der Waals surface area contributed by atoms with Crippen molar-refractivity contribution in [2.45, 2.75) is 32.2 Å². The molecule has 1 saturated heterocycles. The van der Waals surface area contributed by atoms with Crippen molar-refractivity contribution in [3.05, 3.63) is 48.5 Å². The van der Waals surface area contributed by atoms with Crippen LogP contribution in [0, 0.1) is 0 Å². The Labute approximate surface area is 165 Å². The van der Waals surface area contributed by atoms with Gasteiger partial charge in [-0.2, -0.15) is 0 Å². The number of likely N-dealkylation sites (tertiary alicyclic amines) is 1. The Bertz CT molecular complexity index is 890. The van der Waals surface area contributed by atoms with Crippen LogP contribution in [-0.2, 0) is 4.79 Å². The second kappa shape index (κ2) is 8.55. The molecule has 0 radical (unpaired) electrons. The molecule has 1 atom stereocenters. The average molecular weight is 385 g/mol. The largest absolute Gasteiger partial charge is 0.338 e. The van der Waals surface area contributed by atoms with E-state index in [1.54, 1.807) is 0 Å². The van der Waals surface area contributed by atoms with Crippen LogP contribution in [0.15, 0.2) is 48.5 Å². The van der Waals surface area contributed by atoms with Crippen molar-refractivity contribution in [3.8, 4) is 11.4 Å². The van der Waals surface area contributed by atoms with Crippen molar-refractivity contribution < 1.29 is 4.79 Å². The van der Waals surface area contributed by atoms with E-state index in [1.165, 1.54) is 19.3 Å². The molecule has 1 aromatic heterocycles. The Morgan fingerprint density at radius 2 is 1.96 bits per heavy atom. The summed E-state index contributed by atoms with van der Waals surface area (Å²) >= 11 is 0. The molecule has 1 fully saturated rings. The van der Waals surface area contributed by atoms with Gasteiger partial charge in [0, 0.05) is 11.6 Å². The van der Waals surface area contributed by atoms with Crippen LogP contribution in [0.4, 0.5) is 5.69 Å². The number of H-pyrrole nitrogens is 1. The number of piperidine rings is 1. The summed E-state index contributed by atoms with van der Waals surface area (Å²) in [5.41, 5.74) is 3.61. The summed E-state index contributed by atoms with van der Waals surface area (Å²) in [7, 11) is 0. The number of carbonyl (C=O) groups excluding carboxylic acids is 1. The highest BCUT2D eigenvalue weighted by Gasteiger charge is 2.21. The fourth-order valence-corrected chi connectivity index (χ4v) is 3.65. The molecule has 2 heterocycles. The number of para-hydroxylation sites is 3. The number of halogens is 1. The number of benzene rings is 2. The van der Waals surface area contributed by atoms with Gasteiger partial charge in [0.2, 0.25) is 5.91 Å². The SMILES string of the molecule is CC1CCCCN1CC(=O)Nc1ccccc1-c1nc2ccccc2[nH]1.Cl. The zero-order chi connectivity index (χ0) is 17.9. The molecule has 3 aromatic rings.